The number of aromatic nitrogens is 2. The zero-order valence-electron chi connectivity index (χ0n) is 15.5. The molecular weight excluding hydrogens is 437 g/mol. The fraction of sp³-hybridized carbons (Fsp3) is 0.300. The molecule has 3 rings (SSSR count). The molecule has 0 aliphatic heterocycles. The average molecular weight is 463 g/mol. The van der Waals surface area contributed by atoms with E-state index in [-0.39, 0.29) is 24.0 Å². The minimum absolute atomic E-state index is 0. The van der Waals surface area contributed by atoms with E-state index in [1.165, 1.54) is 11.1 Å². The van der Waals surface area contributed by atoms with Crippen molar-refractivity contribution in [3.05, 3.63) is 71.7 Å². The highest BCUT2D eigenvalue weighted by Crippen LogP contribution is 2.10. The second-order valence-electron chi connectivity index (χ2n) is 6.22. The van der Waals surface area contributed by atoms with Gasteiger partial charge in [0.25, 0.3) is 0 Å². The first-order chi connectivity index (χ1) is 12.2. The smallest absolute Gasteiger partial charge is 0.193 e. The normalized spacial score (nSPS) is 11.3. The Morgan fingerprint density at radius 2 is 1.96 bits per heavy atom. The minimum atomic E-state index is 0. The summed E-state index contributed by atoms with van der Waals surface area (Å²) in [4.78, 5) is 11.2. The van der Waals surface area contributed by atoms with E-state index in [1.54, 1.807) is 0 Å². The predicted molar refractivity (Wildman–Crippen MR) is 118 cm³/mol. The zero-order valence-corrected chi connectivity index (χ0v) is 17.8. The maximum Gasteiger partial charge on any atom is 0.193 e. The summed E-state index contributed by atoms with van der Waals surface area (Å²) < 4.78 is 2.08. The van der Waals surface area contributed by atoms with Crippen LogP contribution in [0.5, 0.6) is 0 Å². The zero-order chi connectivity index (χ0) is 17.6. The molecule has 0 saturated heterocycles. The van der Waals surface area contributed by atoms with Crippen molar-refractivity contribution in [3.8, 4) is 0 Å². The number of imidazole rings is 1. The van der Waals surface area contributed by atoms with Gasteiger partial charge in [-0.05, 0) is 24.1 Å². The van der Waals surface area contributed by atoms with Crippen LogP contribution in [0.2, 0.25) is 0 Å². The van der Waals surface area contributed by atoms with Crippen molar-refractivity contribution in [1.29, 1.82) is 0 Å². The van der Waals surface area contributed by atoms with Crippen molar-refractivity contribution in [2.75, 3.05) is 20.6 Å². The van der Waals surface area contributed by atoms with Gasteiger partial charge in [-0.2, -0.15) is 0 Å². The Kier molecular flexibility index (Phi) is 7.44. The van der Waals surface area contributed by atoms with Gasteiger partial charge < -0.3 is 14.6 Å². The molecule has 2 aromatic heterocycles. The molecule has 6 heteroatoms. The van der Waals surface area contributed by atoms with Gasteiger partial charge in [0.15, 0.2) is 5.96 Å². The van der Waals surface area contributed by atoms with Crippen LogP contribution in [0.15, 0.2) is 59.9 Å². The number of hydrogen-bond acceptors (Lipinski definition) is 2. The van der Waals surface area contributed by atoms with Crippen LogP contribution in [-0.2, 0) is 13.0 Å². The number of nitrogens with one attached hydrogen (secondary N) is 1. The lowest BCUT2D eigenvalue weighted by atomic mass is 10.2. The minimum Gasteiger partial charge on any atom is -0.356 e. The van der Waals surface area contributed by atoms with Gasteiger partial charge in [0.2, 0.25) is 0 Å². The molecule has 26 heavy (non-hydrogen) atoms. The Balaban J connectivity index is 0.00000243. The molecule has 1 aromatic carbocycles. The summed E-state index contributed by atoms with van der Waals surface area (Å²) in [6.07, 6.45) is 5.00. The first-order valence-corrected chi connectivity index (χ1v) is 8.56. The summed E-state index contributed by atoms with van der Waals surface area (Å²) in [6.45, 7) is 3.72. The van der Waals surface area contributed by atoms with Gasteiger partial charge in [-0.15, -0.1) is 24.0 Å². The number of guanidine groups is 1. The van der Waals surface area contributed by atoms with Crippen molar-refractivity contribution in [2.45, 2.75) is 19.9 Å². The molecule has 3 aromatic rings. The van der Waals surface area contributed by atoms with Crippen LogP contribution in [0.1, 0.15) is 16.8 Å². The molecular formula is C20H26IN5. The van der Waals surface area contributed by atoms with E-state index in [4.69, 9.17) is 4.98 Å². The molecule has 0 saturated carbocycles. The Hall–Kier alpha value is -2.09. The van der Waals surface area contributed by atoms with Gasteiger partial charge in [0.1, 0.15) is 5.65 Å². The molecule has 138 valence electrons. The van der Waals surface area contributed by atoms with Gasteiger partial charge >= 0.3 is 0 Å². The van der Waals surface area contributed by atoms with Gasteiger partial charge in [-0.1, -0.05) is 36.4 Å². The topological polar surface area (TPSA) is 44.9 Å². The van der Waals surface area contributed by atoms with Crippen LogP contribution in [-0.4, -0.2) is 40.9 Å². The number of fused-ring (bicyclic) bond motifs is 1. The molecule has 0 aliphatic carbocycles. The van der Waals surface area contributed by atoms with Crippen LogP contribution in [0.25, 0.3) is 5.65 Å². The fourth-order valence-electron chi connectivity index (χ4n) is 2.94. The molecule has 0 fully saturated rings. The van der Waals surface area contributed by atoms with Crippen molar-refractivity contribution < 1.29 is 0 Å². The summed E-state index contributed by atoms with van der Waals surface area (Å²) in [5.74, 6) is 0.892. The molecule has 0 spiro atoms. The molecule has 5 nitrogen and oxygen atoms in total. The highest BCUT2D eigenvalue weighted by Gasteiger charge is 2.07. The summed E-state index contributed by atoms with van der Waals surface area (Å²) in [5, 5.41) is 3.42. The SMILES string of the molecule is CN=C(NCCc1cn2cccc(C)c2n1)N(C)Cc1ccccc1.I. The standard InChI is InChI=1S/C20H25N5.HI/c1-16-8-7-13-25-15-18(23-19(16)25)11-12-22-20(21-2)24(3)14-17-9-5-4-6-10-17;/h4-10,13,15H,11-12,14H2,1-3H3,(H,21,22);1H. The maximum atomic E-state index is 4.72. The molecule has 0 atom stereocenters. The van der Waals surface area contributed by atoms with E-state index >= 15 is 0 Å². The number of aryl methyl sites for hydroxylation is 1. The number of aliphatic imine (C=N–C) groups is 1. The number of hydrogen-bond donors (Lipinski definition) is 1. The molecule has 2 heterocycles. The largest absolute Gasteiger partial charge is 0.356 e. The molecule has 0 bridgehead atoms. The lowest BCUT2D eigenvalue weighted by Crippen LogP contribution is -2.39. The Morgan fingerprint density at radius 3 is 2.65 bits per heavy atom. The number of halogens is 1. The predicted octanol–water partition coefficient (Wildman–Crippen LogP) is 3.51. The third-order valence-corrected chi connectivity index (χ3v) is 4.23. The van der Waals surface area contributed by atoms with Crippen LogP contribution in [0, 0.1) is 6.92 Å². The van der Waals surface area contributed by atoms with Crippen molar-refractivity contribution in [1.82, 2.24) is 19.6 Å². The summed E-state index contributed by atoms with van der Waals surface area (Å²) in [7, 11) is 3.87. The number of benzene rings is 1. The van der Waals surface area contributed by atoms with Crippen molar-refractivity contribution in [2.24, 2.45) is 4.99 Å². The maximum absolute atomic E-state index is 4.72. The number of nitrogens with zero attached hydrogens (tertiary/aromatic N) is 4. The van der Waals surface area contributed by atoms with Gasteiger partial charge in [-0.3, -0.25) is 4.99 Å². The lowest BCUT2D eigenvalue weighted by Gasteiger charge is -2.22. The quantitative estimate of drug-likeness (QED) is 0.358. The summed E-state index contributed by atoms with van der Waals surface area (Å²) >= 11 is 0. The second kappa shape index (κ2) is 9.56. The molecule has 0 unspecified atom stereocenters. The van der Waals surface area contributed by atoms with Gasteiger partial charge in [0, 0.05) is 46.0 Å². The van der Waals surface area contributed by atoms with Crippen LogP contribution in [0.4, 0.5) is 0 Å². The van der Waals surface area contributed by atoms with E-state index in [2.05, 4.69) is 70.1 Å². The second-order valence-corrected chi connectivity index (χ2v) is 6.22. The summed E-state index contributed by atoms with van der Waals surface area (Å²) in [6, 6.07) is 14.5. The highest BCUT2D eigenvalue weighted by molar-refractivity contribution is 14.0. The first kappa shape index (κ1) is 20.2. The Morgan fingerprint density at radius 1 is 1.19 bits per heavy atom. The molecule has 0 aliphatic rings. The molecule has 0 radical (unpaired) electrons. The Bertz CT molecular complexity index is 857. The van der Waals surface area contributed by atoms with E-state index in [1.807, 2.05) is 25.4 Å². The van der Waals surface area contributed by atoms with Crippen LogP contribution >= 0.6 is 24.0 Å². The third kappa shape index (κ3) is 4.97. The van der Waals surface area contributed by atoms with E-state index in [0.717, 1.165) is 36.8 Å². The number of pyridine rings is 1. The first-order valence-electron chi connectivity index (χ1n) is 8.56. The monoisotopic (exact) mass is 463 g/mol. The number of rotatable bonds is 5. The lowest BCUT2D eigenvalue weighted by molar-refractivity contribution is 0.477. The van der Waals surface area contributed by atoms with Gasteiger partial charge in [-0.25, -0.2) is 4.98 Å². The third-order valence-electron chi connectivity index (χ3n) is 4.23. The average Bonchev–Trinajstić information content (AvgIpc) is 3.04. The molecule has 0 amide bonds. The van der Waals surface area contributed by atoms with Gasteiger partial charge in [0.05, 0.1) is 5.69 Å². The summed E-state index contributed by atoms with van der Waals surface area (Å²) in [5.41, 5.74) is 4.58. The van der Waals surface area contributed by atoms with Crippen molar-refractivity contribution in [3.63, 3.8) is 0 Å². The Labute approximate surface area is 172 Å². The van der Waals surface area contributed by atoms with Crippen LogP contribution in [0.3, 0.4) is 0 Å². The van der Waals surface area contributed by atoms with E-state index in [0.29, 0.717) is 0 Å². The molecule has 1 N–H and O–H groups in total. The fourth-order valence-corrected chi connectivity index (χ4v) is 2.94. The van der Waals surface area contributed by atoms with E-state index in [9.17, 15) is 0 Å². The van der Waals surface area contributed by atoms with Crippen LogP contribution < -0.4 is 5.32 Å². The van der Waals surface area contributed by atoms with Crippen molar-refractivity contribution >= 4 is 35.6 Å². The van der Waals surface area contributed by atoms with E-state index < -0.39 is 0 Å². The highest BCUT2D eigenvalue weighted by atomic mass is 127.